The molecule has 0 heterocycles. The normalized spacial score (nSPS) is 39.3. The Morgan fingerprint density at radius 3 is 1.78 bits per heavy atom. The summed E-state index contributed by atoms with van der Waals surface area (Å²) in [6.45, 7) is 38.4. The van der Waals surface area contributed by atoms with E-state index in [1.807, 2.05) is 6.92 Å². The van der Waals surface area contributed by atoms with Crippen LogP contribution in [0.25, 0.3) is 0 Å². The molecule has 0 saturated heterocycles. The molecule has 0 aromatic carbocycles. The van der Waals surface area contributed by atoms with Crippen LogP contribution in [-0.4, -0.2) is 70.8 Å². The molecule has 0 amide bonds. The largest absolute Gasteiger partial charge is 0.469 e. The van der Waals surface area contributed by atoms with Crippen LogP contribution in [0.3, 0.4) is 0 Å². The van der Waals surface area contributed by atoms with Gasteiger partial charge in [-0.15, -0.1) is 0 Å². The fourth-order valence-electron chi connectivity index (χ4n) is 11.7. The zero-order valence-electron chi connectivity index (χ0n) is 35.7. The maximum Gasteiger partial charge on any atom is 0.308 e. The predicted molar refractivity (Wildman–Crippen MR) is 218 cm³/mol. The molecule has 0 aliphatic heterocycles. The molecule has 0 bridgehead atoms. The molecule has 0 spiro atoms. The fourth-order valence-corrected chi connectivity index (χ4v) is 16.3. The van der Waals surface area contributed by atoms with Gasteiger partial charge in [0.2, 0.25) is 0 Å². The molecule has 13 atom stereocenters. The maximum absolute atomic E-state index is 12.2. The summed E-state index contributed by atoms with van der Waals surface area (Å²) in [5, 5.41) is 0. The van der Waals surface area contributed by atoms with Crippen LogP contribution in [0.4, 0.5) is 0 Å². The first-order valence-corrected chi connectivity index (χ1v) is 34.1. The van der Waals surface area contributed by atoms with Crippen LogP contribution < -0.4 is 0 Å². The van der Waals surface area contributed by atoms with Gasteiger partial charge in [0.15, 0.2) is 33.3 Å². The standard InChI is InChI=1S/C40H80O6Si4/c1-27(19-18-20-28(2)38(41)42-5)30-21-22-31-35-32(26-34(40(30,31)4)44-48(9,10)11)39(3)24-23-29(43-47(6,7)8)25-33(39)36(45-49(12,13)14)37(35)46-50(15,16)17/h27-37H,18-26H2,1-17H3/t27?,28?,29-,30-,31+,32+,33+,34+,35+,36-,37+,39-,40-/m1/s1. The van der Waals surface area contributed by atoms with Gasteiger partial charge in [-0.05, 0) is 170 Å². The molecule has 10 heteroatoms. The molecule has 0 radical (unpaired) electrons. The Bertz CT molecular complexity index is 1160. The lowest BCUT2D eigenvalue weighted by Crippen LogP contribution is -2.70. The second kappa shape index (κ2) is 15.4. The number of carbonyl (C=O) groups excluding carboxylic acids is 1. The number of hydrogen-bond donors (Lipinski definition) is 0. The van der Waals surface area contributed by atoms with E-state index in [2.05, 4.69) is 99.3 Å². The van der Waals surface area contributed by atoms with Crippen LogP contribution in [0, 0.1) is 52.3 Å². The lowest BCUT2D eigenvalue weighted by molar-refractivity contribution is -0.232. The van der Waals surface area contributed by atoms with E-state index < -0.39 is 33.3 Å². The Labute approximate surface area is 313 Å². The predicted octanol–water partition coefficient (Wildman–Crippen LogP) is 11.0. The van der Waals surface area contributed by atoms with Crippen molar-refractivity contribution in [2.75, 3.05) is 7.11 Å². The van der Waals surface area contributed by atoms with Crippen LogP contribution in [0.1, 0.15) is 85.5 Å². The molecule has 4 saturated carbocycles. The second-order valence-electron chi connectivity index (χ2n) is 21.8. The Hall–Kier alpha value is 0.178. The number of carbonyl (C=O) groups is 1. The Kier molecular flexibility index (Phi) is 13.2. The summed E-state index contributed by atoms with van der Waals surface area (Å²) < 4.78 is 34.5. The molecule has 4 rings (SSSR count). The topological polar surface area (TPSA) is 63.2 Å². The van der Waals surface area contributed by atoms with Crippen molar-refractivity contribution in [2.45, 2.75) is 188 Å². The minimum absolute atomic E-state index is 0.0394. The zero-order chi connectivity index (χ0) is 37.8. The average molecular weight is 769 g/mol. The number of rotatable bonds is 14. The highest BCUT2D eigenvalue weighted by Gasteiger charge is 2.69. The Morgan fingerprint density at radius 1 is 0.680 bits per heavy atom. The summed E-state index contributed by atoms with van der Waals surface area (Å²) in [6.07, 6.45) is 11.0. The van der Waals surface area contributed by atoms with Gasteiger partial charge in [0.1, 0.15) is 0 Å². The molecule has 0 N–H and O–H groups in total. The molecular formula is C40H80O6Si4. The molecule has 4 aliphatic carbocycles. The van der Waals surface area contributed by atoms with Crippen molar-refractivity contribution in [3.8, 4) is 0 Å². The molecule has 6 nitrogen and oxygen atoms in total. The van der Waals surface area contributed by atoms with Crippen LogP contribution >= 0.6 is 0 Å². The van der Waals surface area contributed by atoms with Crippen molar-refractivity contribution < 1.29 is 27.2 Å². The summed E-state index contributed by atoms with van der Waals surface area (Å²) >= 11 is 0. The SMILES string of the molecule is COC(=O)C(C)CCCC(C)[C@H]1CC[C@H]2[C@@H]3[C@H](O[Si](C)(C)C)[C@H](O[Si](C)(C)C)[C@@H]4C[C@H](O[Si](C)(C)C)CC[C@]4(C)[C@H]3C[C@H](O[Si](C)(C)C)[C@]12C. The number of ether oxygens (including phenoxy) is 1. The van der Waals surface area contributed by atoms with Gasteiger partial charge in [-0.25, -0.2) is 0 Å². The Balaban J connectivity index is 1.80. The third kappa shape index (κ3) is 9.69. The molecule has 50 heavy (non-hydrogen) atoms. The Morgan fingerprint density at radius 2 is 1.24 bits per heavy atom. The number of hydrogen-bond acceptors (Lipinski definition) is 6. The van der Waals surface area contributed by atoms with E-state index >= 15 is 0 Å². The lowest BCUT2D eigenvalue weighted by Gasteiger charge is -2.68. The third-order valence-electron chi connectivity index (χ3n) is 13.4. The second-order valence-corrected chi connectivity index (χ2v) is 39.6. The van der Waals surface area contributed by atoms with Gasteiger partial charge < -0.3 is 22.4 Å². The summed E-state index contributed by atoms with van der Waals surface area (Å²) in [6, 6.07) is 0. The number of fused-ring (bicyclic) bond motifs is 5. The van der Waals surface area contributed by atoms with E-state index in [9.17, 15) is 4.79 Å². The van der Waals surface area contributed by atoms with E-state index in [0.717, 1.165) is 38.5 Å². The summed E-state index contributed by atoms with van der Waals surface area (Å²) in [5.41, 5.74) is 0.255. The summed E-state index contributed by atoms with van der Waals surface area (Å²) in [4.78, 5) is 12.2. The van der Waals surface area contributed by atoms with Crippen LogP contribution in [0.15, 0.2) is 0 Å². The van der Waals surface area contributed by atoms with Crippen LogP contribution in [-0.2, 0) is 27.2 Å². The first kappa shape index (κ1) is 42.9. The van der Waals surface area contributed by atoms with E-state index in [1.165, 1.54) is 26.4 Å². The fraction of sp³-hybridized carbons (Fsp3) is 0.975. The van der Waals surface area contributed by atoms with E-state index in [4.69, 9.17) is 22.4 Å². The smallest absolute Gasteiger partial charge is 0.308 e. The molecule has 2 unspecified atom stereocenters. The van der Waals surface area contributed by atoms with Crippen LogP contribution in [0.5, 0.6) is 0 Å². The van der Waals surface area contributed by atoms with Gasteiger partial charge in [0.25, 0.3) is 0 Å². The molecule has 4 aliphatic rings. The number of esters is 1. The van der Waals surface area contributed by atoms with E-state index in [1.54, 1.807) is 0 Å². The molecule has 0 aromatic heterocycles. The van der Waals surface area contributed by atoms with Gasteiger partial charge in [0, 0.05) is 6.10 Å². The van der Waals surface area contributed by atoms with Gasteiger partial charge in [0.05, 0.1) is 31.3 Å². The first-order valence-electron chi connectivity index (χ1n) is 20.5. The highest BCUT2D eigenvalue weighted by molar-refractivity contribution is 6.71. The van der Waals surface area contributed by atoms with Crippen molar-refractivity contribution in [1.29, 1.82) is 0 Å². The molecule has 4 fully saturated rings. The molecular weight excluding hydrogens is 689 g/mol. The third-order valence-corrected chi connectivity index (χ3v) is 17.4. The summed E-state index contributed by atoms with van der Waals surface area (Å²) in [5.74, 6) is 3.05. The summed E-state index contributed by atoms with van der Waals surface area (Å²) in [7, 11) is -5.86. The van der Waals surface area contributed by atoms with Crippen molar-refractivity contribution in [3.63, 3.8) is 0 Å². The minimum Gasteiger partial charge on any atom is -0.469 e. The van der Waals surface area contributed by atoms with Crippen molar-refractivity contribution in [2.24, 2.45) is 52.3 Å². The van der Waals surface area contributed by atoms with Gasteiger partial charge >= 0.3 is 5.97 Å². The molecule has 292 valence electrons. The maximum atomic E-state index is 12.2. The first-order chi connectivity index (χ1) is 22.7. The van der Waals surface area contributed by atoms with Crippen LogP contribution in [0.2, 0.25) is 78.6 Å². The number of methoxy groups -OCH3 is 1. The molecule has 0 aromatic rings. The lowest BCUT2D eigenvalue weighted by atomic mass is 9.42. The van der Waals surface area contributed by atoms with E-state index in [-0.39, 0.29) is 41.0 Å². The highest BCUT2D eigenvalue weighted by atomic mass is 28.4. The van der Waals surface area contributed by atoms with E-state index in [0.29, 0.717) is 41.6 Å². The van der Waals surface area contributed by atoms with Crippen molar-refractivity contribution >= 4 is 39.2 Å². The highest BCUT2D eigenvalue weighted by Crippen LogP contribution is 2.70. The van der Waals surface area contributed by atoms with Gasteiger partial charge in [-0.1, -0.05) is 40.5 Å². The minimum atomic E-state index is -1.93. The monoisotopic (exact) mass is 769 g/mol. The van der Waals surface area contributed by atoms with Crippen molar-refractivity contribution in [3.05, 3.63) is 0 Å². The quantitative estimate of drug-likeness (QED) is 0.130. The zero-order valence-corrected chi connectivity index (χ0v) is 39.7. The average Bonchev–Trinajstić information content (AvgIpc) is 3.30. The van der Waals surface area contributed by atoms with Gasteiger partial charge in [-0.3, -0.25) is 4.79 Å². The van der Waals surface area contributed by atoms with Crippen molar-refractivity contribution in [1.82, 2.24) is 0 Å². The van der Waals surface area contributed by atoms with Gasteiger partial charge in [-0.2, -0.15) is 0 Å².